The second-order valence-electron chi connectivity index (χ2n) is 8.19. The minimum atomic E-state index is -4.15. The first-order chi connectivity index (χ1) is 17.0. The Morgan fingerprint density at radius 2 is 1.61 bits per heavy atom. The normalized spacial score (nSPS) is 12.0. The molecule has 3 aromatic carbocycles. The van der Waals surface area contributed by atoms with Crippen molar-refractivity contribution < 1.29 is 18.0 Å². The number of carbonyl (C=O) groups excluding carboxylic acids is 2. The third-order valence-electron chi connectivity index (χ3n) is 5.72. The van der Waals surface area contributed by atoms with Crippen LogP contribution in [0.2, 0.25) is 10.0 Å². The van der Waals surface area contributed by atoms with Crippen molar-refractivity contribution >= 4 is 50.7 Å². The van der Waals surface area contributed by atoms with Gasteiger partial charge in [-0.2, -0.15) is 0 Å². The van der Waals surface area contributed by atoms with Gasteiger partial charge in [-0.1, -0.05) is 53.5 Å². The Balaban J connectivity index is 2.05. The van der Waals surface area contributed by atoms with E-state index in [1.165, 1.54) is 36.2 Å². The van der Waals surface area contributed by atoms with Crippen LogP contribution in [0.15, 0.2) is 77.7 Å². The first-order valence-corrected chi connectivity index (χ1v) is 13.3. The molecule has 0 saturated carbocycles. The molecule has 1 unspecified atom stereocenters. The lowest BCUT2D eigenvalue weighted by molar-refractivity contribution is -0.139. The van der Waals surface area contributed by atoms with Gasteiger partial charge in [0.05, 0.1) is 10.6 Å². The highest BCUT2D eigenvalue weighted by atomic mass is 35.5. The number of aryl methyl sites for hydroxylation is 1. The van der Waals surface area contributed by atoms with E-state index in [2.05, 4.69) is 5.32 Å². The predicted octanol–water partition coefficient (Wildman–Crippen LogP) is 4.66. The van der Waals surface area contributed by atoms with Gasteiger partial charge >= 0.3 is 0 Å². The molecule has 0 aliphatic carbocycles. The first-order valence-electron chi connectivity index (χ1n) is 11.1. The van der Waals surface area contributed by atoms with E-state index in [1.54, 1.807) is 62.4 Å². The Kier molecular flexibility index (Phi) is 9.00. The van der Waals surface area contributed by atoms with Crippen molar-refractivity contribution in [3.05, 3.63) is 94.0 Å². The monoisotopic (exact) mass is 547 g/mol. The Morgan fingerprint density at radius 3 is 2.22 bits per heavy atom. The zero-order chi connectivity index (χ0) is 26.5. The smallest absolute Gasteiger partial charge is 0.264 e. The van der Waals surface area contributed by atoms with Gasteiger partial charge in [0.2, 0.25) is 11.8 Å². The molecule has 0 fully saturated rings. The van der Waals surface area contributed by atoms with E-state index in [0.717, 1.165) is 4.31 Å². The summed E-state index contributed by atoms with van der Waals surface area (Å²) in [6.45, 7) is 2.91. The number of carbonyl (C=O) groups is 2. The fourth-order valence-corrected chi connectivity index (χ4v) is 5.53. The number of para-hydroxylation sites is 1. The van der Waals surface area contributed by atoms with Crippen molar-refractivity contribution in [1.29, 1.82) is 0 Å². The van der Waals surface area contributed by atoms with Gasteiger partial charge in [-0.15, -0.1) is 0 Å². The summed E-state index contributed by atoms with van der Waals surface area (Å²) < 4.78 is 28.5. The summed E-state index contributed by atoms with van der Waals surface area (Å²) in [7, 11) is -2.67. The lowest BCUT2D eigenvalue weighted by atomic mass is 10.1. The highest BCUT2D eigenvalue weighted by molar-refractivity contribution is 7.92. The van der Waals surface area contributed by atoms with Gasteiger partial charge in [-0.25, -0.2) is 8.42 Å². The summed E-state index contributed by atoms with van der Waals surface area (Å²) in [5.41, 5.74) is 1.73. The number of anilines is 1. The zero-order valence-electron chi connectivity index (χ0n) is 20.1. The number of nitrogens with one attached hydrogen (secondary N) is 1. The second-order valence-corrected chi connectivity index (χ2v) is 10.9. The molecule has 7 nitrogen and oxygen atoms in total. The fraction of sp³-hybridized carbons (Fsp3) is 0.231. The maximum Gasteiger partial charge on any atom is 0.264 e. The minimum absolute atomic E-state index is 0.0105. The molecule has 36 heavy (non-hydrogen) atoms. The summed E-state index contributed by atoms with van der Waals surface area (Å²) in [5.74, 6) is -0.930. The summed E-state index contributed by atoms with van der Waals surface area (Å²) in [5, 5.41) is 3.42. The Labute approximate surface area is 221 Å². The third-order valence-corrected chi connectivity index (χ3v) is 7.98. The van der Waals surface area contributed by atoms with Crippen molar-refractivity contribution in [2.45, 2.75) is 31.3 Å². The second kappa shape index (κ2) is 11.8. The van der Waals surface area contributed by atoms with E-state index in [4.69, 9.17) is 23.2 Å². The third kappa shape index (κ3) is 6.37. The average Bonchev–Trinajstić information content (AvgIpc) is 2.85. The minimum Gasteiger partial charge on any atom is -0.357 e. The van der Waals surface area contributed by atoms with Crippen molar-refractivity contribution in [3.63, 3.8) is 0 Å². The molecule has 0 heterocycles. The van der Waals surface area contributed by atoms with Crippen LogP contribution in [0.4, 0.5) is 5.69 Å². The van der Waals surface area contributed by atoms with Gasteiger partial charge in [0, 0.05) is 23.6 Å². The molecule has 0 aliphatic heterocycles. The number of amides is 2. The van der Waals surface area contributed by atoms with E-state index in [0.29, 0.717) is 26.9 Å². The molecule has 0 saturated heterocycles. The van der Waals surface area contributed by atoms with Gasteiger partial charge in [0.25, 0.3) is 10.0 Å². The topological polar surface area (TPSA) is 86.8 Å². The van der Waals surface area contributed by atoms with Gasteiger partial charge in [-0.3, -0.25) is 13.9 Å². The molecule has 0 bridgehead atoms. The number of halogens is 2. The van der Waals surface area contributed by atoms with Gasteiger partial charge in [0.1, 0.15) is 12.6 Å². The number of benzene rings is 3. The van der Waals surface area contributed by atoms with Crippen LogP contribution < -0.4 is 9.62 Å². The summed E-state index contributed by atoms with van der Waals surface area (Å²) in [6, 6.07) is 18.7. The largest absolute Gasteiger partial charge is 0.357 e. The fourth-order valence-electron chi connectivity index (χ4n) is 3.71. The van der Waals surface area contributed by atoms with E-state index in [-0.39, 0.29) is 17.3 Å². The Hall–Kier alpha value is -3.07. The Bertz CT molecular complexity index is 1350. The van der Waals surface area contributed by atoms with Crippen molar-refractivity contribution in [1.82, 2.24) is 10.2 Å². The molecule has 0 spiro atoms. The van der Waals surface area contributed by atoms with Crippen LogP contribution in [0.5, 0.6) is 0 Å². The molecule has 0 aliphatic rings. The molecular weight excluding hydrogens is 521 g/mol. The molecule has 1 N–H and O–H groups in total. The van der Waals surface area contributed by atoms with Gasteiger partial charge < -0.3 is 10.2 Å². The average molecular weight is 548 g/mol. The van der Waals surface area contributed by atoms with Gasteiger partial charge in [-0.05, 0) is 67.4 Å². The molecule has 10 heteroatoms. The van der Waals surface area contributed by atoms with Crippen LogP contribution in [0.1, 0.15) is 18.1 Å². The summed E-state index contributed by atoms with van der Waals surface area (Å²) in [4.78, 5) is 27.5. The van der Waals surface area contributed by atoms with Crippen molar-refractivity contribution in [2.24, 2.45) is 0 Å². The lowest BCUT2D eigenvalue weighted by Gasteiger charge is -2.32. The number of nitrogens with zero attached hydrogens (tertiary/aromatic N) is 2. The highest BCUT2D eigenvalue weighted by Crippen LogP contribution is 2.28. The van der Waals surface area contributed by atoms with E-state index >= 15 is 0 Å². The van der Waals surface area contributed by atoms with Crippen LogP contribution in [0.3, 0.4) is 0 Å². The van der Waals surface area contributed by atoms with Crippen molar-refractivity contribution in [2.75, 3.05) is 17.9 Å². The lowest BCUT2D eigenvalue weighted by Crippen LogP contribution is -2.50. The van der Waals surface area contributed by atoms with Crippen molar-refractivity contribution in [3.8, 4) is 0 Å². The van der Waals surface area contributed by atoms with Crippen LogP contribution in [0.25, 0.3) is 0 Å². The number of rotatable bonds is 9. The van der Waals surface area contributed by atoms with Crippen LogP contribution in [-0.2, 0) is 26.2 Å². The highest BCUT2D eigenvalue weighted by Gasteiger charge is 2.32. The standard InChI is InChI=1S/C26H27Cl2N3O4S/c1-18-7-4-5-10-24(18)31(36(34,35)23-13-11-21(27)12-14-23)17-25(32)30(19(2)26(33)29-3)16-20-8-6-9-22(28)15-20/h4-15,19H,16-17H2,1-3H3,(H,29,33). The number of likely N-dealkylation sites (N-methyl/N-ethyl adjacent to an activating group) is 1. The molecular formula is C26H27Cl2N3O4S. The zero-order valence-corrected chi connectivity index (χ0v) is 22.4. The van der Waals surface area contributed by atoms with E-state index in [1.807, 2.05) is 0 Å². The Morgan fingerprint density at radius 1 is 0.944 bits per heavy atom. The van der Waals surface area contributed by atoms with E-state index in [9.17, 15) is 18.0 Å². The molecule has 1 atom stereocenters. The van der Waals surface area contributed by atoms with Crippen LogP contribution in [-0.4, -0.2) is 44.8 Å². The molecule has 3 rings (SSSR count). The summed E-state index contributed by atoms with van der Waals surface area (Å²) >= 11 is 12.1. The number of sulfonamides is 1. The van der Waals surface area contributed by atoms with Crippen LogP contribution in [0, 0.1) is 6.92 Å². The maximum atomic E-state index is 13.7. The molecule has 3 aromatic rings. The molecule has 0 radical (unpaired) electrons. The molecule has 190 valence electrons. The number of hydrogen-bond donors (Lipinski definition) is 1. The SMILES string of the molecule is CNC(=O)C(C)N(Cc1cccc(Cl)c1)C(=O)CN(c1ccccc1C)S(=O)(=O)c1ccc(Cl)cc1. The first kappa shape index (κ1) is 27.5. The van der Waals surface area contributed by atoms with E-state index < -0.39 is 28.5 Å². The number of hydrogen-bond acceptors (Lipinski definition) is 4. The summed E-state index contributed by atoms with van der Waals surface area (Å²) in [6.07, 6.45) is 0. The molecule has 0 aromatic heterocycles. The quantitative estimate of drug-likeness (QED) is 0.422. The predicted molar refractivity (Wildman–Crippen MR) is 143 cm³/mol. The van der Waals surface area contributed by atoms with Gasteiger partial charge in [0.15, 0.2) is 0 Å². The molecule has 2 amide bonds. The maximum absolute atomic E-state index is 13.7. The van der Waals surface area contributed by atoms with Crippen LogP contribution >= 0.6 is 23.2 Å².